The molecule has 1 saturated heterocycles. The van der Waals surface area contributed by atoms with Crippen LogP contribution in [0.3, 0.4) is 0 Å². The van der Waals surface area contributed by atoms with Crippen molar-refractivity contribution in [1.82, 2.24) is 20.5 Å². The van der Waals surface area contributed by atoms with Crippen LogP contribution in [-0.4, -0.2) is 54.8 Å². The van der Waals surface area contributed by atoms with E-state index in [1.54, 1.807) is 12.3 Å². The maximum absolute atomic E-state index is 12.2. The van der Waals surface area contributed by atoms with Crippen molar-refractivity contribution in [3.8, 4) is 5.88 Å². The molecular weight excluding hydrogens is 411 g/mol. The summed E-state index contributed by atoms with van der Waals surface area (Å²) in [4.78, 5) is 10.9. The van der Waals surface area contributed by atoms with Gasteiger partial charge in [0.05, 0.1) is 18.8 Å². The predicted octanol–water partition coefficient (Wildman–Crippen LogP) is 3.51. The third kappa shape index (κ3) is 7.46. The molecule has 2 aromatic heterocycles. The fourth-order valence-corrected chi connectivity index (χ4v) is 3.39. The molecule has 1 aliphatic heterocycles. The van der Waals surface area contributed by atoms with Crippen LogP contribution in [-0.2, 0) is 6.54 Å². The summed E-state index contributed by atoms with van der Waals surface area (Å²) in [6.45, 7) is 4.36. The quantitative estimate of drug-likeness (QED) is 0.460. The van der Waals surface area contributed by atoms with Gasteiger partial charge < -0.3 is 19.8 Å². The number of aliphatic imine (C=N–C) groups is 1. The summed E-state index contributed by atoms with van der Waals surface area (Å²) in [5.41, 5.74) is 0.763. The minimum Gasteiger partial charge on any atom is -0.468 e. The predicted molar refractivity (Wildman–Crippen MR) is 111 cm³/mol. The van der Waals surface area contributed by atoms with Crippen molar-refractivity contribution in [3.63, 3.8) is 0 Å². The second-order valence-corrected chi connectivity index (χ2v) is 7.26. The molecule has 0 saturated carbocycles. The van der Waals surface area contributed by atoms with E-state index in [1.807, 2.05) is 19.1 Å². The van der Waals surface area contributed by atoms with Gasteiger partial charge in [0.1, 0.15) is 5.76 Å². The highest BCUT2D eigenvalue weighted by Gasteiger charge is 2.28. The standard InChI is InChI=1S/C21H28F3N5O2/c1-2-25-20(27-13-16-7-8-19(26-12-16)31-15-21(22,23)24)28-14-17(18-6-5-11-30-18)29-9-3-4-10-29/h5-8,11-12,17H,2-4,9-10,13-15H2,1H3,(H2,25,27,28). The first-order chi connectivity index (χ1) is 14.9. The Balaban J connectivity index is 1.58. The molecule has 0 spiro atoms. The summed E-state index contributed by atoms with van der Waals surface area (Å²) in [6, 6.07) is 7.07. The Morgan fingerprint density at radius 3 is 2.68 bits per heavy atom. The van der Waals surface area contributed by atoms with E-state index in [1.165, 1.54) is 25.1 Å². The molecule has 2 aromatic rings. The maximum Gasteiger partial charge on any atom is 0.422 e. The lowest BCUT2D eigenvalue weighted by molar-refractivity contribution is -0.154. The topological polar surface area (TPSA) is 74.9 Å². The number of guanidine groups is 1. The first-order valence-electron chi connectivity index (χ1n) is 10.4. The summed E-state index contributed by atoms with van der Waals surface area (Å²) >= 11 is 0. The van der Waals surface area contributed by atoms with Gasteiger partial charge in [0, 0.05) is 25.4 Å². The number of hydrogen-bond donors (Lipinski definition) is 2. The van der Waals surface area contributed by atoms with Gasteiger partial charge in [-0.25, -0.2) is 9.98 Å². The Morgan fingerprint density at radius 2 is 2.06 bits per heavy atom. The molecule has 0 aliphatic carbocycles. The van der Waals surface area contributed by atoms with Gasteiger partial charge in [0.15, 0.2) is 12.6 Å². The molecule has 3 rings (SSSR count). The Bertz CT molecular complexity index is 803. The van der Waals surface area contributed by atoms with Gasteiger partial charge in [-0.15, -0.1) is 0 Å². The number of ether oxygens (including phenoxy) is 1. The minimum atomic E-state index is -4.39. The van der Waals surface area contributed by atoms with Crippen LogP contribution in [0.2, 0.25) is 0 Å². The molecule has 7 nitrogen and oxygen atoms in total. The third-order valence-electron chi connectivity index (χ3n) is 4.86. The van der Waals surface area contributed by atoms with Crippen molar-refractivity contribution >= 4 is 5.96 Å². The summed E-state index contributed by atoms with van der Waals surface area (Å²) < 4.78 is 47.0. The van der Waals surface area contributed by atoms with Crippen LogP contribution in [0.25, 0.3) is 0 Å². The summed E-state index contributed by atoms with van der Waals surface area (Å²) in [5.74, 6) is 1.50. The Labute approximate surface area is 179 Å². The Morgan fingerprint density at radius 1 is 1.26 bits per heavy atom. The highest BCUT2D eigenvalue weighted by Crippen LogP contribution is 2.24. The third-order valence-corrected chi connectivity index (χ3v) is 4.86. The molecule has 2 N–H and O–H groups in total. The van der Waals surface area contributed by atoms with E-state index in [2.05, 4.69) is 30.2 Å². The van der Waals surface area contributed by atoms with Gasteiger partial charge >= 0.3 is 6.18 Å². The molecule has 1 atom stereocenters. The van der Waals surface area contributed by atoms with Crippen LogP contribution in [0.5, 0.6) is 5.88 Å². The van der Waals surface area contributed by atoms with Gasteiger partial charge in [0.2, 0.25) is 5.88 Å². The lowest BCUT2D eigenvalue weighted by Crippen LogP contribution is -2.42. The lowest BCUT2D eigenvalue weighted by Gasteiger charge is -2.26. The van der Waals surface area contributed by atoms with Crippen molar-refractivity contribution < 1.29 is 22.3 Å². The first kappa shape index (κ1) is 22.9. The first-order valence-corrected chi connectivity index (χ1v) is 10.4. The van der Waals surface area contributed by atoms with Gasteiger partial charge in [-0.2, -0.15) is 13.2 Å². The Kier molecular flexibility index (Phi) is 8.16. The zero-order valence-corrected chi connectivity index (χ0v) is 17.5. The van der Waals surface area contributed by atoms with Crippen LogP contribution in [0.15, 0.2) is 46.1 Å². The van der Waals surface area contributed by atoms with Crippen LogP contribution in [0.4, 0.5) is 13.2 Å². The molecule has 170 valence electrons. The normalized spacial score (nSPS) is 16.3. The number of aromatic nitrogens is 1. The molecule has 1 aliphatic rings. The largest absolute Gasteiger partial charge is 0.468 e. The van der Waals surface area contributed by atoms with Gasteiger partial charge in [-0.3, -0.25) is 4.90 Å². The monoisotopic (exact) mass is 439 g/mol. The summed E-state index contributed by atoms with van der Waals surface area (Å²) in [5, 5.41) is 6.58. The van der Waals surface area contributed by atoms with Crippen molar-refractivity contribution in [3.05, 3.63) is 48.0 Å². The molecule has 10 heteroatoms. The lowest BCUT2D eigenvalue weighted by atomic mass is 10.2. The average molecular weight is 439 g/mol. The molecule has 31 heavy (non-hydrogen) atoms. The number of alkyl halides is 3. The van der Waals surface area contributed by atoms with Gasteiger partial charge in [0.25, 0.3) is 0 Å². The number of likely N-dealkylation sites (tertiary alicyclic amines) is 1. The van der Waals surface area contributed by atoms with E-state index >= 15 is 0 Å². The number of halogens is 3. The van der Waals surface area contributed by atoms with E-state index in [0.717, 1.165) is 24.4 Å². The van der Waals surface area contributed by atoms with Gasteiger partial charge in [-0.1, -0.05) is 6.07 Å². The molecule has 1 unspecified atom stereocenters. The van der Waals surface area contributed by atoms with Crippen LogP contribution in [0, 0.1) is 0 Å². The molecule has 0 bridgehead atoms. The highest BCUT2D eigenvalue weighted by atomic mass is 19.4. The molecular formula is C21H28F3N5O2. The average Bonchev–Trinajstić information content (AvgIpc) is 3.46. The van der Waals surface area contributed by atoms with Crippen molar-refractivity contribution in [2.24, 2.45) is 4.99 Å². The minimum absolute atomic E-state index is 0.0676. The van der Waals surface area contributed by atoms with Crippen LogP contribution < -0.4 is 15.4 Å². The smallest absolute Gasteiger partial charge is 0.422 e. The zero-order valence-electron chi connectivity index (χ0n) is 17.5. The number of nitrogens with zero attached hydrogens (tertiary/aromatic N) is 3. The van der Waals surface area contributed by atoms with Crippen LogP contribution in [0.1, 0.15) is 37.1 Å². The second kappa shape index (κ2) is 11.0. The molecule has 0 aromatic carbocycles. The van der Waals surface area contributed by atoms with Crippen LogP contribution >= 0.6 is 0 Å². The van der Waals surface area contributed by atoms with Gasteiger partial charge in [-0.05, 0) is 50.6 Å². The Hall–Kier alpha value is -2.75. The van der Waals surface area contributed by atoms with E-state index < -0.39 is 12.8 Å². The van der Waals surface area contributed by atoms with Crippen molar-refractivity contribution in [2.45, 2.75) is 38.5 Å². The molecule has 0 amide bonds. The van der Waals surface area contributed by atoms with E-state index in [0.29, 0.717) is 25.6 Å². The number of rotatable bonds is 9. The van der Waals surface area contributed by atoms with E-state index in [-0.39, 0.29) is 11.9 Å². The number of pyridine rings is 1. The fourth-order valence-electron chi connectivity index (χ4n) is 3.39. The van der Waals surface area contributed by atoms with Crippen molar-refractivity contribution in [1.29, 1.82) is 0 Å². The molecule has 0 radical (unpaired) electrons. The molecule has 3 heterocycles. The summed E-state index contributed by atoms with van der Waals surface area (Å²) in [7, 11) is 0. The highest BCUT2D eigenvalue weighted by molar-refractivity contribution is 5.79. The van der Waals surface area contributed by atoms with Crippen molar-refractivity contribution in [2.75, 3.05) is 32.8 Å². The SMILES string of the molecule is CCNC(=NCc1ccc(OCC(F)(F)F)nc1)NCC(c1ccco1)N1CCCC1. The summed E-state index contributed by atoms with van der Waals surface area (Å²) in [6.07, 6.45) is 1.13. The maximum atomic E-state index is 12.2. The van der Waals surface area contributed by atoms with E-state index in [9.17, 15) is 13.2 Å². The number of hydrogen-bond acceptors (Lipinski definition) is 5. The number of nitrogens with one attached hydrogen (secondary N) is 2. The molecule has 1 fully saturated rings. The number of furan rings is 1. The second-order valence-electron chi connectivity index (χ2n) is 7.26. The fraction of sp³-hybridized carbons (Fsp3) is 0.524. The zero-order chi connectivity index (χ0) is 22.1. The van der Waals surface area contributed by atoms with E-state index in [4.69, 9.17) is 4.42 Å².